The minimum absolute atomic E-state index is 0.0709. The highest BCUT2D eigenvalue weighted by molar-refractivity contribution is 5.97. The predicted octanol–water partition coefficient (Wildman–Crippen LogP) is 2.33. The van der Waals surface area contributed by atoms with E-state index in [0.717, 1.165) is 37.0 Å². The van der Waals surface area contributed by atoms with Crippen LogP contribution in [0.25, 0.3) is 11.0 Å². The van der Waals surface area contributed by atoms with Crippen molar-refractivity contribution < 1.29 is 9.59 Å². The van der Waals surface area contributed by atoms with Gasteiger partial charge in [0.15, 0.2) is 0 Å². The highest BCUT2D eigenvalue weighted by Gasteiger charge is 2.24. The van der Waals surface area contributed by atoms with Gasteiger partial charge in [-0.3, -0.25) is 9.59 Å². The van der Waals surface area contributed by atoms with Crippen molar-refractivity contribution in [1.29, 1.82) is 0 Å². The quantitative estimate of drug-likeness (QED) is 0.904. The van der Waals surface area contributed by atoms with Gasteiger partial charge in [-0.2, -0.15) is 0 Å². The number of hydrogen-bond donors (Lipinski definition) is 2. The van der Waals surface area contributed by atoms with E-state index in [1.165, 1.54) is 0 Å². The van der Waals surface area contributed by atoms with E-state index in [4.69, 9.17) is 0 Å². The number of carbonyl (C=O) groups excluding carboxylic acids is 2. The summed E-state index contributed by atoms with van der Waals surface area (Å²) < 4.78 is 0. The van der Waals surface area contributed by atoms with Crippen LogP contribution in [0.4, 0.5) is 0 Å². The lowest BCUT2D eigenvalue weighted by atomic mass is 10.0. The smallest absolute Gasteiger partial charge is 0.251 e. The highest BCUT2D eigenvalue weighted by Crippen LogP contribution is 2.15. The van der Waals surface area contributed by atoms with Gasteiger partial charge in [0.2, 0.25) is 5.91 Å². The summed E-state index contributed by atoms with van der Waals surface area (Å²) in [6.45, 7) is 5.55. The van der Waals surface area contributed by atoms with E-state index >= 15 is 0 Å². The number of rotatable bonds is 4. The Morgan fingerprint density at radius 3 is 2.79 bits per heavy atom. The molecule has 2 amide bonds. The first-order valence-corrected chi connectivity index (χ1v) is 8.54. The summed E-state index contributed by atoms with van der Waals surface area (Å²) in [5.74, 6) is 0.533. The number of nitrogens with zero attached hydrogens (tertiary/aromatic N) is 2. The summed E-state index contributed by atoms with van der Waals surface area (Å²) in [5, 5.41) is 3.08. The molecular weight excluding hydrogens is 304 g/mol. The van der Waals surface area contributed by atoms with Gasteiger partial charge >= 0.3 is 0 Å². The Bertz CT molecular complexity index is 729. The van der Waals surface area contributed by atoms with E-state index in [1.54, 1.807) is 12.4 Å². The maximum Gasteiger partial charge on any atom is 0.251 e. The third-order valence-electron chi connectivity index (χ3n) is 4.45. The lowest BCUT2D eigenvalue weighted by molar-refractivity contribution is -0.133. The minimum atomic E-state index is -0.0709. The largest absolute Gasteiger partial charge is 0.349 e. The molecule has 2 heterocycles. The number of imidazole rings is 1. The summed E-state index contributed by atoms with van der Waals surface area (Å²) in [6, 6.07) is 5.57. The molecule has 2 N–H and O–H groups in total. The van der Waals surface area contributed by atoms with Crippen LogP contribution < -0.4 is 5.32 Å². The Hall–Kier alpha value is -2.37. The van der Waals surface area contributed by atoms with Crippen LogP contribution in [-0.4, -0.2) is 45.8 Å². The molecule has 0 spiro atoms. The number of likely N-dealkylation sites (tertiary alicyclic amines) is 1. The van der Waals surface area contributed by atoms with Crippen LogP contribution in [0.3, 0.4) is 0 Å². The maximum absolute atomic E-state index is 12.4. The molecule has 0 aliphatic carbocycles. The second-order valence-electron chi connectivity index (χ2n) is 6.86. The molecule has 6 heteroatoms. The monoisotopic (exact) mass is 328 g/mol. The first-order valence-electron chi connectivity index (χ1n) is 8.54. The fraction of sp³-hybridized carbons (Fsp3) is 0.500. The van der Waals surface area contributed by atoms with E-state index in [0.29, 0.717) is 17.9 Å². The van der Waals surface area contributed by atoms with Crippen molar-refractivity contribution in [2.45, 2.75) is 39.2 Å². The second kappa shape index (κ2) is 7.03. The molecule has 3 rings (SSSR count). The summed E-state index contributed by atoms with van der Waals surface area (Å²) >= 11 is 0. The third-order valence-corrected chi connectivity index (χ3v) is 4.45. The summed E-state index contributed by atoms with van der Waals surface area (Å²) in [5.41, 5.74) is 2.34. The number of H-pyrrole nitrogens is 1. The first-order chi connectivity index (χ1) is 11.5. The average molecular weight is 328 g/mol. The van der Waals surface area contributed by atoms with Crippen LogP contribution in [0.5, 0.6) is 0 Å². The molecule has 1 aliphatic rings. The normalized spacial score (nSPS) is 15.9. The minimum Gasteiger partial charge on any atom is -0.349 e. The zero-order valence-electron chi connectivity index (χ0n) is 14.2. The number of hydrogen-bond acceptors (Lipinski definition) is 3. The Morgan fingerprint density at radius 2 is 2.08 bits per heavy atom. The molecule has 24 heavy (non-hydrogen) atoms. The number of amides is 2. The van der Waals surface area contributed by atoms with E-state index in [9.17, 15) is 9.59 Å². The highest BCUT2D eigenvalue weighted by atomic mass is 16.2. The summed E-state index contributed by atoms with van der Waals surface area (Å²) in [6.07, 6.45) is 3.83. The number of benzene rings is 1. The van der Waals surface area contributed by atoms with Crippen LogP contribution >= 0.6 is 0 Å². The van der Waals surface area contributed by atoms with Crippen molar-refractivity contribution in [3.05, 3.63) is 30.1 Å². The zero-order valence-corrected chi connectivity index (χ0v) is 14.2. The number of piperidine rings is 1. The Labute approximate surface area is 141 Å². The summed E-state index contributed by atoms with van der Waals surface area (Å²) in [4.78, 5) is 33.6. The Kier molecular flexibility index (Phi) is 4.83. The molecule has 2 aromatic rings. The standard InChI is InChI=1S/C18H24N4O2/c1-12(2)9-17(23)22-7-5-14(6-8-22)21-18(24)13-3-4-15-16(10-13)20-11-19-15/h3-4,10-12,14H,5-9H2,1-2H3,(H,19,20)(H,21,24). The van der Waals surface area contributed by atoms with Gasteiger partial charge in [0, 0.05) is 31.1 Å². The maximum atomic E-state index is 12.4. The van der Waals surface area contributed by atoms with Crippen molar-refractivity contribution in [2.75, 3.05) is 13.1 Å². The molecule has 1 saturated heterocycles. The van der Waals surface area contributed by atoms with Gasteiger partial charge in [-0.15, -0.1) is 0 Å². The van der Waals surface area contributed by atoms with Crippen LogP contribution in [0.15, 0.2) is 24.5 Å². The topological polar surface area (TPSA) is 78.1 Å². The molecule has 0 saturated carbocycles. The van der Waals surface area contributed by atoms with Gasteiger partial charge in [-0.1, -0.05) is 13.8 Å². The lowest BCUT2D eigenvalue weighted by Gasteiger charge is -2.32. The number of carbonyl (C=O) groups is 2. The predicted molar refractivity (Wildman–Crippen MR) is 92.6 cm³/mol. The van der Waals surface area contributed by atoms with Gasteiger partial charge in [0.1, 0.15) is 0 Å². The molecule has 1 fully saturated rings. The lowest BCUT2D eigenvalue weighted by Crippen LogP contribution is -2.46. The first kappa shape index (κ1) is 16.5. The number of fused-ring (bicyclic) bond motifs is 1. The van der Waals surface area contributed by atoms with Crippen molar-refractivity contribution in [3.8, 4) is 0 Å². The zero-order chi connectivity index (χ0) is 17.1. The van der Waals surface area contributed by atoms with Crippen LogP contribution in [0.2, 0.25) is 0 Å². The molecule has 0 unspecified atom stereocenters. The molecule has 0 bridgehead atoms. The van der Waals surface area contributed by atoms with Gasteiger partial charge < -0.3 is 15.2 Å². The van der Waals surface area contributed by atoms with Gasteiger partial charge in [0.05, 0.1) is 17.4 Å². The van der Waals surface area contributed by atoms with Crippen LogP contribution in [-0.2, 0) is 4.79 Å². The van der Waals surface area contributed by atoms with Crippen LogP contribution in [0.1, 0.15) is 43.5 Å². The second-order valence-corrected chi connectivity index (χ2v) is 6.86. The Balaban J connectivity index is 1.53. The molecule has 0 radical (unpaired) electrons. The third kappa shape index (κ3) is 3.75. The summed E-state index contributed by atoms with van der Waals surface area (Å²) in [7, 11) is 0. The van der Waals surface area contributed by atoms with Gasteiger partial charge in [-0.25, -0.2) is 4.98 Å². The fourth-order valence-corrected chi connectivity index (χ4v) is 3.10. The average Bonchev–Trinajstić information content (AvgIpc) is 3.02. The van der Waals surface area contributed by atoms with Crippen molar-refractivity contribution in [3.63, 3.8) is 0 Å². The molecule has 1 aromatic carbocycles. The van der Waals surface area contributed by atoms with Gasteiger partial charge in [0.25, 0.3) is 5.91 Å². The van der Waals surface area contributed by atoms with Crippen molar-refractivity contribution in [2.24, 2.45) is 5.92 Å². The van der Waals surface area contributed by atoms with E-state index in [-0.39, 0.29) is 17.9 Å². The number of aromatic nitrogens is 2. The number of aromatic amines is 1. The molecular formula is C18H24N4O2. The molecule has 1 aromatic heterocycles. The molecule has 0 atom stereocenters. The molecule has 128 valence electrons. The fourth-order valence-electron chi connectivity index (χ4n) is 3.10. The molecule has 6 nitrogen and oxygen atoms in total. The molecule has 1 aliphatic heterocycles. The van der Waals surface area contributed by atoms with Crippen LogP contribution in [0, 0.1) is 5.92 Å². The van der Waals surface area contributed by atoms with Crippen molar-refractivity contribution >= 4 is 22.8 Å². The van der Waals surface area contributed by atoms with Gasteiger partial charge in [-0.05, 0) is 37.0 Å². The SMILES string of the molecule is CC(C)CC(=O)N1CCC(NC(=O)c2ccc3nc[nH]c3c2)CC1. The Morgan fingerprint density at radius 1 is 1.33 bits per heavy atom. The van der Waals surface area contributed by atoms with E-state index in [1.807, 2.05) is 17.0 Å². The van der Waals surface area contributed by atoms with E-state index in [2.05, 4.69) is 29.1 Å². The van der Waals surface area contributed by atoms with Crippen molar-refractivity contribution in [1.82, 2.24) is 20.2 Å². The number of nitrogens with one attached hydrogen (secondary N) is 2. The van der Waals surface area contributed by atoms with E-state index < -0.39 is 0 Å².